The highest BCUT2D eigenvalue weighted by molar-refractivity contribution is 7.13. The maximum absolute atomic E-state index is 14.0. The first kappa shape index (κ1) is 21.3. The Kier molecular flexibility index (Phi) is 5.65. The topological polar surface area (TPSA) is 77.6 Å². The first-order valence-electron chi connectivity index (χ1n) is 10.1. The summed E-state index contributed by atoms with van der Waals surface area (Å²) in [5, 5.41) is 14.9. The van der Waals surface area contributed by atoms with Crippen molar-refractivity contribution in [3.05, 3.63) is 82.3 Å². The average Bonchev–Trinajstić information content (AvgIpc) is 3.53. The zero-order valence-corrected chi connectivity index (χ0v) is 19.1. The van der Waals surface area contributed by atoms with Gasteiger partial charge in [0, 0.05) is 39.5 Å². The molecule has 0 bridgehead atoms. The number of anilines is 1. The van der Waals surface area contributed by atoms with Gasteiger partial charge in [-0.15, -0.1) is 11.3 Å². The van der Waals surface area contributed by atoms with Crippen molar-refractivity contribution >= 4 is 45.7 Å². The van der Waals surface area contributed by atoms with Gasteiger partial charge in [-0.2, -0.15) is 10.2 Å². The normalized spacial score (nSPS) is 11.2. The minimum atomic E-state index is -0.404. The fourth-order valence-electron chi connectivity index (χ4n) is 3.71. The lowest BCUT2D eigenvalue weighted by atomic mass is 10.1. The SMILES string of the molecule is Cc1nn(CC(=O)Nc2ccn(Cc3c(F)cccc3Cl)n2)c2nccc(-c3cccs3)c12. The second-order valence-electron chi connectivity index (χ2n) is 7.42. The molecule has 4 aromatic heterocycles. The number of rotatable bonds is 6. The van der Waals surface area contributed by atoms with Crippen molar-refractivity contribution in [2.45, 2.75) is 20.0 Å². The number of fused-ring (bicyclic) bond motifs is 1. The van der Waals surface area contributed by atoms with Crippen LogP contribution in [-0.2, 0) is 17.9 Å². The number of halogens is 2. The van der Waals surface area contributed by atoms with Crippen molar-refractivity contribution in [1.29, 1.82) is 0 Å². The van der Waals surface area contributed by atoms with Gasteiger partial charge in [-0.3, -0.25) is 9.48 Å². The quantitative estimate of drug-likeness (QED) is 0.365. The van der Waals surface area contributed by atoms with Crippen LogP contribution in [0, 0.1) is 12.7 Å². The smallest absolute Gasteiger partial charge is 0.247 e. The summed E-state index contributed by atoms with van der Waals surface area (Å²) in [6.07, 6.45) is 3.38. The molecule has 166 valence electrons. The molecule has 4 heterocycles. The molecule has 0 spiro atoms. The molecule has 0 radical (unpaired) electrons. The fourth-order valence-corrected chi connectivity index (χ4v) is 4.69. The summed E-state index contributed by atoms with van der Waals surface area (Å²) >= 11 is 7.73. The van der Waals surface area contributed by atoms with E-state index >= 15 is 0 Å². The van der Waals surface area contributed by atoms with Gasteiger partial charge < -0.3 is 5.32 Å². The van der Waals surface area contributed by atoms with E-state index in [-0.39, 0.29) is 19.0 Å². The molecule has 5 aromatic rings. The average molecular weight is 481 g/mol. The molecule has 0 aliphatic heterocycles. The summed E-state index contributed by atoms with van der Waals surface area (Å²) in [7, 11) is 0. The number of thiophene rings is 1. The molecule has 7 nitrogen and oxygen atoms in total. The Labute approximate surface area is 197 Å². The van der Waals surface area contributed by atoms with Crippen LogP contribution in [0.5, 0.6) is 0 Å². The van der Waals surface area contributed by atoms with Gasteiger partial charge in [0.25, 0.3) is 0 Å². The second-order valence-corrected chi connectivity index (χ2v) is 8.78. The number of aromatic nitrogens is 5. The Morgan fingerprint density at radius 2 is 2.06 bits per heavy atom. The first-order valence-corrected chi connectivity index (χ1v) is 11.4. The molecule has 0 aliphatic carbocycles. The van der Waals surface area contributed by atoms with Gasteiger partial charge in [-0.25, -0.2) is 14.1 Å². The third-order valence-corrected chi connectivity index (χ3v) is 6.44. The van der Waals surface area contributed by atoms with Gasteiger partial charge in [-0.1, -0.05) is 23.7 Å². The number of benzene rings is 1. The Morgan fingerprint density at radius 1 is 1.18 bits per heavy atom. The van der Waals surface area contributed by atoms with E-state index in [0.717, 1.165) is 21.5 Å². The lowest BCUT2D eigenvalue weighted by Gasteiger charge is -2.06. The largest absolute Gasteiger partial charge is 0.308 e. The maximum atomic E-state index is 14.0. The van der Waals surface area contributed by atoms with Crippen LogP contribution in [0.1, 0.15) is 11.3 Å². The van der Waals surface area contributed by atoms with Crippen molar-refractivity contribution < 1.29 is 9.18 Å². The van der Waals surface area contributed by atoms with Gasteiger partial charge in [0.15, 0.2) is 11.5 Å². The van der Waals surface area contributed by atoms with Gasteiger partial charge in [0.05, 0.1) is 17.6 Å². The van der Waals surface area contributed by atoms with Gasteiger partial charge in [-0.05, 0) is 36.6 Å². The third-order valence-electron chi connectivity index (χ3n) is 5.18. The molecular weight excluding hydrogens is 463 g/mol. The summed E-state index contributed by atoms with van der Waals surface area (Å²) in [4.78, 5) is 18.3. The number of nitrogens with one attached hydrogen (secondary N) is 1. The molecule has 10 heteroatoms. The lowest BCUT2D eigenvalue weighted by Crippen LogP contribution is -2.20. The van der Waals surface area contributed by atoms with Gasteiger partial charge in [0.1, 0.15) is 12.4 Å². The van der Waals surface area contributed by atoms with E-state index < -0.39 is 5.82 Å². The van der Waals surface area contributed by atoms with Crippen molar-refractivity contribution in [2.24, 2.45) is 0 Å². The van der Waals surface area contributed by atoms with Crippen LogP contribution in [0.4, 0.5) is 10.2 Å². The van der Waals surface area contributed by atoms with E-state index in [2.05, 4.69) is 20.5 Å². The van der Waals surface area contributed by atoms with Crippen LogP contribution in [0.3, 0.4) is 0 Å². The van der Waals surface area contributed by atoms with E-state index in [1.165, 1.54) is 10.7 Å². The molecule has 5 rings (SSSR count). The van der Waals surface area contributed by atoms with Crippen LogP contribution in [0.15, 0.2) is 60.2 Å². The molecule has 1 aromatic carbocycles. The van der Waals surface area contributed by atoms with E-state index in [1.807, 2.05) is 30.5 Å². The van der Waals surface area contributed by atoms with Crippen molar-refractivity contribution in [1.82, 2.24) is 24.5 Å². The van der Waals surface area contributed by atoms with E-state index in [9.17, 15) is 9.18 Å². The first-order chi connectivity index (χ1) is 16.0. The standard InChI is InChI=1S/C23H18ClFN6OS/c1-14-22-15(19-6-3-11-33-19)7-9-26-23(22)31(28-14)13-21(32)27-20-8-10-30(29-20)12-16-17(24)4-2-5-18(16)25/h2-11H,12-13H2,1H3,(H,27,29,32). The van der Waals surface area contributed by atoms with E-state index in [1.54, 1.807) is 46.6 Å². The molecule has 0 unspecified atom stereocenters. The Balaban J connectivity index is 1.33. The summed E-state index contributed by atoms with van der Waals surface area (Å²) < 4.78 is 17.1. The molecular formula is C23H18ClFN6OS. The Bertz CT molecular complexity index is 1440. The van der Waals surface area contributed by atoms with E-state index in [4.69, 9.17) is 11.6 Å². The molecule has 0 aliphatic rings. The van der Waals surface area contributed by atoms with Gasteiger partial charge in [0.2, 0.25) is 5.91 Å². The zero-order valence-electron chi connectivity index (χ0n) is 17.5. The molecule has 33 heavy (non-hydrogen) atoms. The van der Waals surface area contributed by atoms with Crippen molar-refractivity contribution in [3.8, 4) is 10.4 Å². The molecule has 0 saturated heterocycles. The molecule has 0 atom stereocenters. The molecule has 1 amide bonds. The molecule has 0 fully saturated rings. The third kappa shape index (κ3) is 4.24. The fraction of sp³-hybridized carbons (Fsp3) is 0.130. The number of amides is 1. The second kappa shape index (κ2) is 8.76. The maximum Gasteiger partial charge on any atom is 0.247 e. The Hall–Kier alpha value is -3.56. The number of carbonyl (C=O) groups is 1. The Morgan fingerprint density at radius 3 is 2.85 bits per heavy atom. The number of hydrogen-bond acceptors (Lipinski definition) is 5. The number of hydrogen-bond donors (Lipinski definition) is 1. The number of nitrogens with zero attached hydrogens (tertiary/aromatic N) is 5. The van der Waals surface area contributed by atoms with Gasteiger partial charge >= 0.3 is 0 Å². The minimum Gasteiger partial charge on any atom is -0.308 e. The lowest BCUT2D eigenvalue weighted by molar-refractivity contribution is -0.116. The van der Waals surface area contributed by atoms with Crippen LogP contribution in [0.25, 0.3) is 21.5 Å². The number of carbonyl (C=O) groups excluding carboxylic acids is 1. The minimum absolute atomic E-state index is 0.0166. The van der Waals surface area contributed by atoms with E-state index in [0.29, 0.717) is 22.1 Å². The number of aryl methyl sites for hydroxylation is 1. The van der Waals surface area contributed by atoms with Crippen molar-refractivity contribution in [3.63, 3.8) is 0 Å². The van der Waals surface area contributed by atoms with Crippen LogP contribution >= 0.6 is 22.9 Å². The van der Waals surface area contributed by atoms with Crippen LogP contribution in [-0.4, -0.2) is 30.5 Å². The highest BCUT2D eigenvalue weighted by Crippen LogP contribution is 2.32. The number of pyridine rings is 1. The molecule has 1 N–H and O–H groups in total. The predicted octanol–water partition coefficient (Wildman–Crippen LogP) is 5.14. The predicted molar refractivity (Wildman–Crippen MR) is 127 cm³/mol. The summed E-state index contributed by atoms with van der Waals surface area (Å²) in [6.45, 7) is 2.04. The molecule has 0 saturated carbocycles. The monoisotopic (exact) mass is 480 g/mol. The van der Waals surface area contributed by atoms with Crippen molar-refractivity contribution in [2.75, 3.05) is 5.32 Å². The highest BCUT2D eigenvalue weighted by atomic mass is 35.5. The summed E-state index contributed by atoms with van der Waals surface area (Å²) in [6, 6.07) is 12.2. The van der Waals surface area contributed by atoms with Crippen LogP contribution < -0.4 is 5.32 Å². The van der Waals surface area contributed by atoms with Crippen LogP contribution in [0.2, 0.25) is 5.02 Å². The summed E-state index contributed by atoms with van der Waals surface area (Å²) in [5.41, 5.74) is 2.84. The zero-order chi connectivity index (χ0) is 22.9. The summed E-state index contributed by atoms with van der Waals surface area (Å²) in [5.74, 6) is -0.344. The highest BCUT2D eigenvalue weighted by Gasteiger charge is 2.17.